The summed E-state index contributed by atoms with van der Waals surface area (Å²) in [5.41, 5.74) is 0.779. The lowest BCUT2D eigenvalue weighted by molar-refractivity contribution is -0.0153. The molecule has 10 heteroatoms. The number of hydrogen-bond donors (Lipinski definition) is 4. The predicted octanol–water partition coefficient (Wildman–Crippen LogP) is -1.72. The van der Waals surface area contributed by atoms with Crippen molar-refractivity contribution in [1.82, 2.24) is 19.9 Å². The second kappa shape index (κ2) is 5.93. The van der Waals surface area contributed by atoms with Crippen LogP contribution in [0.4, 0.5) is 5.82 Å². The Labute approximate surface area is 124 Å². The van der Waals surface area contributed by atoms with Gasteiger partial charge in [-0.05, 0) is 0 Å². The molecule has 0 aromatic carbocycles. The number of ether oxygens (including phenoxy) is 2. The average Bonchev–Trinajstić information content (AvgIpc) is 2.82. The number of aliphatic hydroxyl groups is 3. The second-order valence-electron chi connectivity index (χ2n) is 4.71. The van der Waals surface area contributed by atoms with Gasteiger partial charge in [-0.2, -0.15) is 4.98 Å². The third kappa shape index (κ3) is 2.41. The van der Waals surface area contributed by atoms with Gasteiger partial charge in [-0.3, -0.25) is 0 Å². The van der Waals surface area contributed by atoms with E-state index < -0.39 is 31.1 Å². The van der Waals surface area contributed by atoms with Gasteiger partial charge in [0.15, 0.2) is 17.6 Å². The van der Waals surface area contributed by atoms with Crippen LogP contribution in [0.5, 0.6) is 5.88 Å². The highest BCUT2D eigenvalue weighted by atomic mass is 16.6. The van der Waals surface area contributed by atoms with Crippen molar-refractivity contribution >= 4 is 16.9 Å². The zero-order valence-electron chi connectivity index (χ0n) is 11.6. The SMILES string of the molecule is COc1ncnc2c(N[C@H]3O[C@@H](CO)[C@@H](O)[C@H]3O)ncnc12. The minimum absolute atomic E-state index is 0.289. The van der Waals surface area contributed by atoms with E-state index in [0.717, 1.165) is 0 Å². The zero-order chi connectivity index (χ0) is 15.7. The molecule has 2 aromatic rings. The molecule has 1 aliphatic rings. The van der Waals surface area contributed by atoms with Gasteiger partial charge in [0.25, 0.3) is 0 Å². The number of fused-ring (bicyclic) bond motifs is 1. The van der Waals surface area contributed by atoms with E-state index in [1.54, 1.807) is 0 Å². The first-order valence-corrected chi connectivity index (χ1v) is 6.54. The van der Waals surface area contributed by atoms with Crippen LogP contribution in [0.1, 0.15) is 0 Å². The van der Waals surface area contributed by atoms with Crippen molar-refractivity contribution in [3.63, 3.8) is 0 Å². The molecule has 0 bridgehead atoms. The number of nitrogens with one attached hydrogen (secondary N) is 1. The molecule has 4 atom stereocenters. The molecule has 10 nitrogen and oxygen atoms in total. The molecule has 2 aromatic heterocycles. The van der Waals surface area contributed by atoms with E-state index in [-0.39, 0.29) is 5.88 Å². The van der Waals surface area contributed by atoms with Crippen molar-refractivity contribution in [2.45, 2.75) is 24.5 Å². The summed E-state index contributed by atoms with van der Waals surface area (Å²) < 4.78 is 10.5. The van der Waals surface area contributed by atoms with Crippen molar-refractivity contribution in [3.05, 3.63) is 12.7 Å². The number of methoxy groups -OCH3 is 1. The van der Waals surface area contributed by atoms with E-state index >= 15 is 0 Å². The Morgan fingerprint density at radius 1 is 1.14 bits per heavy atom. The van der Waals surface area contributed by atoms with Gasteiger partial charge in [0.1, 0.15) is 36.5 Å². The minimum Gasteiger partial charge on any atom is -0.479 e. The van der Waals surface area contributed by atoms with Crippen molar-refractivity contribution in [2.24, 2.45) is 0 Å². The van der Waals surface area contributed by atoms with Crippen LogP contribution in [0.15, 0.2) is 12.7 Å². The quantitative estimate of drug-likeness (QED) is 0.515. The molecule has 0 spiro atoms. The van der Waals surface area contributed by atoms with Crippen molar-refractivity contribution < 1.29 is 24.8 Å². The zero-order valence-corrected chi connectivity index (χ0v) is 11.6. The Morgan fingerprint density at radius 2 is 1.86 bits per heavy atom. The molecule has 3 rings (SSSR count). The Bertz CT molecular complexity index is 671. The molecule has 1 aliphatic heterocycles. The molecule has 0 aliphatic carbocycles. The maximum atomic E-state index is 9.94. The number of nitrogens with zero attached hydrogens (tertiary/aromatic N) is 4. The molecular formula is C12H15N5O5. The molecule has 22 heavy (non-hydrogen) atoms. The van der Waals surface area contributed by atoms with E-state index in [0.29, 0.717) is 16.9 Å². The summed E-state index contributed by atoms with van der Waals surface area (Å²) in [5, 5.41) is 31.6. The van der Waals surface area contributed by atoms with E-state index in [1.165, 1.54) is 19.8 Å². The fourth-order valence-electron chi connectivity index (χ4n) is 2.27. The van der Waals surface area contributed by atoms with Crippen LogP contribution in [0.2, 0.25) is 0 Å². The van der Waals surface area contributed by atoms with Gasteiger partial charge in [-0.15, -0.1) is 0 Å². The normalized spacial score (nSPS) is 28.0. The van der Waals surface area contributed by atoms with Gasteiger partial charge in [0.2, 0.25) is 5.88 Å². The molecule has 1 saturated heterocycles. The molecule has 1 fully saturated rings. The van der Waals surface area contributed by atoms with Crippen LogP contribution in [0.25, 0.3) is 11.0 Å². The van der Waals surface area contributed by atoms with Crippen molar-refractivity contribution in [1.29, 1.82) is 0 Å². The first-order valence-electron chi connectivity index (χ1n) is 6.54. The Balaban J connectivity index is 1.92. The van der Waals surface area contributed by atoms with Gasteiger partial charge < -0.3 is 30.1 Å². The lowest BCUT2D eigenvalue weighted by Crippen LogP contribution is -2.36. The standard InChI is InChI=1S/C12H15N5O5/c1-21-11-7-6(13-4-16-11)10(15-3-14-7)17-12-9(20)8(19)5(2-18)22-12/h3-5,8-9,12,18-20H,2H2,1H3,(H,14,15,17)/t5-,8+,9+,12-/m0/s1. The molecule has 3 heterocycles. The largest absolute Gasteiger partial charge is 0.479 e. The maximum absolute atomic E-state index is 9.94. The number of aliphatic hydroxyl groups excluding tert-OH is 3. The van der Waals surface area contributed by atoms with Crippen LogP contribution in [-0.4, -0.2) is 73.5 Å². The summed E-state index contributed by atoms with van der Waals surface area (Å²) in [5.74, 6) is 0.581. The highest BCUT2D eigenvalue weighted by Crippen LogP contribution is 2.26. The molecule has 118 valence electrons. The third-order valence-corrected chi connectivity index (χ3v) is 3.40. The summed E-state index contributed by atoms with van der Waals surface area (Å²) in [6.07, 6.45) is -1.63. The lowest BCUT2D eigenvalue weighted by Gasteiger charge is -2.17. The molecule has 0 radical (unpaired) electrons. The van der Waals surface area contributed by atoms with Crippen LogP contribution in [0, 0.1) is 0 Å². The van der Waals surface area contributed by atoms with Crippen molar-refractivity contribution in [3.8, 4) is 5.88 Å². The van der Waals surface area contributed by atoms with Gasteiger partial charge >= 0.3 is 0 Å². The van der Waals surface area contributed by atoms with E-state index in [1.807, 2.05) is 0 Å². The number of rotatable bonds is 4. The van der Waals surface area contributed by atoms with Crippen LogP contribution < -0.4 is 10.1 Å². The average molecular weight is 309 g/mol. The number of anilines is 1. The van der Waals surface area contributed by atoms with Crippen LogP contribution in [0.3, 0.4) is 0 Å². The van der Waals surface area contributed by atoms with E-state index in [4.69, 9.17) is 14.6 Å². The highest BCUT2D eigenvalue weighted by molar-refractivity contribution is 5.87. The summed E-state index contributed by atoms with van der Waals surface area (Å²) >= 11 is 0. The third-order valence-electron chi connectivity index (χ3n) is 3.40. The summed E-state index contributed by atoms with van der Waals surface area (Å²) in [6.45, 7) is -0.406. The van der Waals surface area contributed by atoms with Gasteiger partial charge in [0.05, 0.1) is 13.7 Å². The van der Waals surface area contributed by atoms with Crippen LogP contribution >= 0.6 is 0 Å². The van der Waals surface area contributed by atoms with Crippen LogP contribution in [-0.2, 0) is 4.74 Å². The van der Waals surface area contributed by atoms with Crippen molar-refractivity contribution in [2.75, 3.05) is 19.0 Å². The minimum atomic E-state index is -1.22. The Hall–Kier alpha value is -2.14. The summed E-state index contributed by atoms with van der Waals surface area (Å²) in [7, 11) is 1.46. The summed E-state index contributed by atoms with van der Waals surface area (Å²) in [6, 6.07) is 0. The lowest BCUT2D eigenvalue weighted by atomic mass is 10.1. The van der Waals surface area contributed by atoms with E-state index in [2.05, 4.69) is 25.3 Å². The number of hydrogen-bond acceptors (Lipinski definition) is 10. The van der Waals surface area contributed by atoms with E-state index in [9.17, 15) is 10.2 Å². The molecular weight excluding hydrogens is 294 g/mol. The number of aromatic nitrogens is 4. The van der Waals surface area contributed by atoms with Gasteiger partial charge in [0, 0.05) is 0 Å². The molecule has 0 saturated carbocycles. The maximum Gasteiger partial charge on any atom is 0.243 e. The topological polar surface area (TPSA) is 143 Å². The molecule has 4 N–H and O–H groups in total. The first-order chi connectivity index (χ1) is 10.7. The van der Waals surface area contributed by atoms with Gasteiger partial charge in [-0.1, -0.05) is 0 Å². The smallest absolute Gasteiger partial charge is 0.243 e. The first kappa shape index (κ1) is 14.8. The fourth-order valence-corrected chi connectivity index (χ4v) is 2.27. The van der Waals surface area contributed by atoms with Gasteiger partial charge in [-0.25, -0.2) is 15.0 Å². The Morgan fingerprint density at radius 3 is 2.55 bits per heavy atom. The molecule has 0 amide bonds. The Kier molecular flexibility index (Phi) is 3.98. The monoisotopic (exact) mass is 309 g/mol. The highest BCUT2D eigenvalue weighted by Gasteiger charge is 2.42. The fraction of sp³-hybridized carbons (Fsp3) is 0.500. The molecule has 0 unspecified atom stereocenters. The second-order valence-corrected chi connectivity index (χ2v) is 4.71. The summed E-state index contributed by atoms with van der Waals surface area (Å²) in [4.78, 5) is 16.1. The predicted molar refractivity (Wildman–Crippen MR) is 73.1 cm³/mol.